The third-order valence-electron chi connectivity index (χ3n) is 4.51. The summed E-state index contributed by atoms with van der Waals surface area (Å²) in [6.07, 6.45) is -7.31. The Kier molecular flexibility index (Phi) is 6.26. The molecule has 9 heteroatoms. The molecule has 9 nitrogen and oxygen atoms in total. The standard InChI is InChI=1S/C20H20O9/c21-9-14-17(25)18(26)19(27)20(29-14)28-13-6-2-4-11(8-13)16(24)15(23)10-3-1-5-12(22)7-10/h1-8,14,17-22,25-27H,9H2/t14-,17-,18+,19-,20-/m1/s1. The van der Waals surface area contributed by atoms with Crippen molar-refractivity contribution in [2.45, 2.75) is 30.7 Å². The third-order valence-corrected chi connectivity index (χ3v) is 4.51. The number of carbonyl (C=O) groups is 2. The number of benzene rings is 2. The van der Waals surface area contributed by atoms with E-state index in [1.165, 1.54) is 48.5 Å². The van der Waals surface area contributed by atoms with Crippen molar-refractivity contribution >= 4 is 11.6 Å². The Morgan fingerprint density at radius 3 is 2.14 bits per heavy atom. The Hall–Kier alpha value is -2.82. The van der Waals surface area contributed by atoms with E-state index in [0.717, 1.165) is 0 Å². The first-order valence-corrected chi connectivity index (χ1v) is 8.77. The molecular weight excluding hydrogens is 384 g/mol. The number of aliphatic hydroxyl groups is 4. The van der Waals surface area contributed by atoms with Gasteiger partial charge >= 0.3 is 0 Å². The molecule has 1 fully saturated rings. The molecule has 0 spiro atoms. The molecule has 5 atom stereocenters. The molecule has 29 heavy (non-hydrogen) atoms. The number of Topliss-reactive ketones (excluding diaryl/α,β-unsaturated/α-hetero) is 2. The first-order chi connectivity index (χ1) is 13.8. The molecule has 0 unspecified atom stereocenters. The highest BCUT2D eigenvalue weighted by Gasteiger charge is 2.44. The first kappa shape index (κ1) is 20.9. The summed E-state index contributed by atoms with van der Waals surface area (Å²) in [5, 5.41) is 48.3. The van der Waals surface area contributed by atoms with Crippen LogP contribution in [0.2, 0.25) is 0 Å². The van der Waals surface area contributed by atoms with Gasteiger partial charge in [-0.2, -0.15) is 0 Å². The van der Waals surface area contributed by atoms with Gasteiger partial charge in [0.15, 0.2) is 0 Å². The fourth-order valence-electron chi connectivity index (χ4n) is 2.92. The van der Waals surface area contributed by atoms with E-state index in [1.807, 2.05) is 0 Å². The fraction of sp³-hybridized carbons (Fsp3) is 0.300. The summed E-state index contributed by atoms with van der Waals surface area (Å²) in [7, 11) is 0. The molecule has 1 aliphatic rings. The molecule has 0 aliphatic carbocycles. The molecule has 0 amide bonds. The second kappa shape index (κ2) is 8.68. The molecule has 0 saturated carbocycles. The minimum absolute atomic E-state index is 0.000401. The van der Waals surface area contributed by atoms with Crippen molar-refractivity contribution in [1.29, 1.82) is 0 Å². The quantitative estimate of drug-likeness (QED) is 0.321. The molecule has 5 N–H and O–H groups in total. The van der Waals surface area contributed by atoms with E-state index in [0.29, 0.717) is 0 Å². The zero-order valence-electron chi connectivity index (χ0n) is 15.1. The van der Waals surface area contributed by atoms with Gasteiger partial charge in [0.2, 0.25) is 17.9 Å². The van der Waals surface area contributed by atoms with Crippen LogP contribution >= 0.6 is 0 Å². The van der Waals surface area contributed by atoms with Crippen molar-refractivity contribution < 1.29 is 44.6 Å². The summed E-state index contributed by atoms with van der Waals surface area (Å²) < 4.78 is 10.7. The molecule has 3 rings (SSSR count). The summed E-state index contributed by atoms with van der Waals surface area (Å²) in [5.74, 6) is -1.76. The van der Waals surface area contributed by atoms with Gasteiger partial charge in [0.25, 0.3) is 0 Å². The Bertz CT molecular complexity index is 895. The van der Waals surface area contributed by atoms with Crippen molar-refractivity contribution in [1.82, 2.24) is 0 Å². The molecule has 2 aromatic rings. The van der Waals surface area contributed by atoms with Crippen LogP contribution in [-0.2, 0) is 4.74 Å². The molecular formula is C20H20O9. The molecule has 1 heterocycles. The van der Waals surface area contributed by atoms with E-state index in [1.54, 1.807) is 0 Å². The number of phenols is 1. The highest BCUT2D eigenvalue weighted by atomic mass is 16.7. The van der Waals surface area contributed by atoms with Crippen LogP contribution in [0.15, 0.2) is 48.5 Å². The van der Waals surface area contributed by atoms with E-state index >= 15 is 0 Å². The maximum Gasteiger partial charge on any atom is 0.233 e. The summed E-state index contributed by atoms with van der Waals surface area (Å²) in [6, 6.07) is 10.9. The number of aromatic hydroxyl groups is 1. The highest BCUT2D eigenvalue weighted by molar-refractivity contribution is 6.49. The fourth-order valence-corrected chi connectivity index (χ4v) is 2.92. The average molecular weight is 404 g/mol. The second-order valence-electron chi connectivity index (χ2n) is 6.55. The molecule has 0 radical (unpaired) electrons. The maximum absolute atomic E-state index is 12.5. The van der Waals surface area contributed by atoms with Gasteiger partial charge in [-0.3, -0.25) is 9.59 Å². The lowest BCUT2D eigenvalue weighted by Crippen LogP contribution is -2.60. The monoisotopic (exact) mass is 404 g/mol. The van der Waals surface area contributed by atoms with Crippen molar-refractivity contribution in [3.8, 4) is 11.5 Å². The summed E-state index contributed by atoms with van der Waals surface area (Å²) in [4.78, 5) is 24.8. The van der Waals surface area contributed by atoms with E-state index in [4.69, 9.17) is 9.47 Å². The topological polar surface area (TPSA) is 154 Å². The molecule has 2 aromatic carbocycles. The van der Waals surface area contributed by atoms with Crippen LogP contribution in [0.4, 0.5) is 0 Å². The number of aliphatic hydroxyl groups excluding tert-OH is 4. The maximum atomic E-state index is 12.5. The van der Waals surface area contributed by atoms with Crippen LogP contribution in [0.3, 0.4) is 0 Å². The van der Waals surface area contributed by atoms with Crippen LogP contribution < -0.4 is 4.74 Å². The normalized spacial score (nSPS) is 26.7. The van der Waals surface area contributed by atoms with Gasteiger partial charge in [-0.15, -0.1) is 0 Å². The van der Waals surface area contributed by atoms with Crippen LogP contribution in [-0.4, -0.2) is 74.4 Å². The lowest BCUT2D eigenvalue weighted by Gasteiger charge is -2.39. The second-order valence-corrected chi connectivity index (χ2v) is 6.55. The zero-order valence-corrected chi connectivity index (χ0v) is 15.1. The molecule has 1 aliphatic heterocycles. The third kappa shape index (κ3) is 4.44. The van der Waals surface area contributed by atoms with Gasteiger partial charge in [0, 0.05) is 11.1 Å². The zero-order chi connectivity index (χ0) is 21.1. The SMILES string of the molecule is O=C(C(=O)c1cccc(O[C@@H]2O[C@H](CO)[C@@H](O)[C@H](O)[C@H]2O)c1)c1cccc(O)c1. The largest absolute Gasteiger partial charge is 0.508 e. The number of hydrogen-bond acceptors (Lipinski definition) is 9. The summed E-state index contributed by atoms with van der Waals surface area (Å²) in [5.41, 5.74) is 0.0238. The predicted molar refractivity (Wildman–Crippen MR) is 97.6 cm³/mol. The number of ether oxygens (including phenoxy) is 2. The van der Waals surface area contributed by atoms with Crippen LogP contribution in [0.25, 0.3) is 0 Å². The smallest absolute Gasteiger partial charge is 0.233 e. The molecule has 0 aromatic heterocycles. The first-order valence-electron chi connectivity index (χ1n) is 8.77. The molecule has 1 saturated heterocycles. The Labute approximate surface area is 165 Å². The average Bonchev–Trinajstić information content (AvgIpc) is 2.73. The van der Waals surface area contributed by atoms with Crippen molar-refractivity contribution in [2.75, 3.05) is 6.61 Å². The van der Waals surface area contributed by atoms with E-state index in [2.05, 4.69) is 0 Å². The van der Waals surface area contributed by atoms with Gasteiger partial charge < -0.3 is 35.0 Å². The number of hydrogen-bond donors (Lipinski definition) is 5. The van der Waals surface area contributed by atoms with Gasteiger partial charge in [-0.05, 0) is 24.3 Å². The number of phenolic OH excluding ortho intramolecular Hbond substituents is 1. The Morgan fingerprint density at radius 1 is 0.897 bits per heavy atom. The molecule has 0 bridgehead atoms. The Balaban J connectivity index is 1.77. The minimum Gasteiger partial charge on any atom is -0.508 e. The van der Waals surface area contributed by atoms with E-state index in [-0.39, 0.29) is 22.6 Å². The van der Waals surface area contributed by atoms with Gasteiger partial charge in [-0.1, -0.05) is 24.3 Å². The van der Waals surface area contributed by atoms with Gasteiger partial charge in [-0.25, -0.2) is 0 Å². The van der Waals surface area contributed by atoms with Crippen LogP contribution in [0.1, 0.15) is 20.7 Å². The van der Waals surface area contributed by atoms with Gasteiger partial charge in [0.05, 0.1) is 6.61 Å². The number of rotatable bonds is 6. The van der Waals surface area contributed by atoms with Crippen molar-refractivity contribution in [3.05, 3.63) is 59.7 Å². The summed E-state index contributed by atoms with van der Waals surface area (Å²) in [6.45, 7) is -0.609. The minimum atomic E-state index is -1.61. The Morgan fingerprint density at radius 2 is 1.52 bits per heavy atom. The summed E-state index contributed by atoms with van der Waals surface area (Å²) >= 11 is 0. The van der Waals surface area contributed by atoms with Crippen LogP contribution in [0.5, 0.6) is 11.5 Å². The van der Waals surface area contributed by atoms with E-state index < -0.39 is 48.9 Å². The molecule has 154 valence electrons. The lowest BCUT2D eigenvalue weighted by molar-refractivity contribution is -0.277. The lowest BCUT2D eigenvalue weighted by atomic mass is 9.99. The van der Waals surface area contributed by atoms with Gasteiger partial charge in [0.1, 0.15) is 35.9 Å². The highest BCUT2D eigenvalue weighted by Crippen LogP contribution is 2.25. The predicted octanol–water partition coefficient (Wildman–Crippen LogP) is -0.364. The van der Waals surface area contributed by atoms with Crippen molar-refractivity contribution in [2.24, 2.45) is 0 Å². The van der Waals surface area contributed by atoms with Crippen LogP contribution in [0, 0.1) is 0 Å². The van der Waals surface area contributed by atoms with Crippen molar-refractivity contribution in [3.63, 3.8) is 0 Å². The van der Waals surface area contributed by atoms with E-state index in [9.17, 15) is 35.1 Å². The number of carbonyl (C=O) groups excluding carboxylic acids is 2. The number of ketones is 2.